The van der Waals surface area contributed by atoms with E-state index in [4.69, 9.17) is 0 Å². The number of Topliss-reactive ketones (excluding diaryl/α,β-unsaturated/α-hetero) is 2. The third kappa shape index (κ3) is 4.06. The first-order valence-electron chi connectivity index (χ1n) is 11.1. The lowest BCUT2D eigenvalue weighted by Crippen LogP contribution is -2.31. The summed E-state index contributed by atoms with van der Waals surface area (Å²) in [6.07, 6.45) is 0. The Morgan fingerprint density at radius 3 is 1.97 bits per heavy atom. The summed E-state index contributed by atoms with van der Waals surface area (Å²) in [5.41, 5.74) is 4.05. The van der Waals surface area contributed by atoms with Crippen molar-refractivity contribution < 1.29 is 9.59 Å². The van der Waals surface area contributed by atoms with Crippen molar-refractivity contribution in [2.24, 2.45) is 16.1 Å². The van der Waals surface area contributed by atoms with E-state index >= 15 is 0 Å². The summed E-state index contributed by atoms with van der Waals surface area (Å²) in [5.74, 6) is -2.01. The molecule has 4 nitrogen and oxygen atoms in total. The van der Waals surface area contributed by atoms with Crippen LogP contribution in [0.2, 0.25) is 0 Å². The van der Waals surface area contributed by atoms with E-state index in [0.717, 1.165) is 21.7 Å². The molecular weight excluding hydrogens is 440 g/mol. The monoisotopic (exact) mass is 462 g/mol. The topological polar surface area (TPSA) is 58.9 Å². The van der Waals surface area contributed by atoms with Gasteiger partial charge in [0.15, 0.2) is 11.6 Å². The predicted octanol–water partition coefficient (Wildman–Crippen LogP) is 6.18. The van der Waals surface area contributed by atoms with Crippen molar-refractivity contribution in [3.63, 3.8) is 0 Å². The minimum Gasteiger partial charge on any atom is -0.297 e. The number of nitrogens with zero attached hydrogens (tertiary/aromatic N) is 2. The molecule has 1 unspecified atom stereocenters. The molecule has 1 heterocycles. The molecule has 0 amide bonds. The Hall–Kier alpha value is -3.96. The van der Waals surface area contributed by atoms with Crippen molar-refractivity contribution >= 4 is 34.3 Å². The maximum absolute atomic E-state index is 14.2. The lowest BCUT2D eigenvalue weighted by molar-refractivity contribution is -0.120. The minimum atomic E-state index is -1.01. The largest absolute Gasteiger partial charge is 0.297 e. The van der Waals surface area contributed by atoms with Crippen molar-refractivity contribution in [2.45, 2.75) is 12.8 Å². The fraction of sp³-hybridized carbons (Fsp3) is 0.103. The molecule has 1 aliphatic carbocycles. The third-order valence-corrected chi connectivity index (χ3v) is 7.00. The van der Waals surface area contributed by atoms with Crippen LogP contribution in [0.15, 0.2) is 113 Å². The summed E-state index contributed by atoms with van der Waals surface area (Å²) in [7, 11) is 0. The second-order valence-electron chi connectivity index (χ2n) is 8.15. The first kappa shape index (κ1) is 21.9. The maximum atomic E-state index is 14.2. The van der Waals surface area contributed by atoms with Gasteiger partial charge in [-0.05, 0) is 29.5 Å². The molecule has 0 fully saturated rings. The van der Waals surface area contributed by atoms with Crippen LogP contribution in [-0.2, 0) is 4.79 Å². The smallest absolute Gasteiger partial charge is 0.180 e. The normalized spacial score (nSPS) is 16.8. The summed E-state index contributed by atoms with van der Waals surface area (Å²) in [6.45, 7) is 1.88. The van der Waals surface area contributed by atoms with Gasteiger partial charge < -0.3 is 0 Å². The van der Waals surface area contributed by atoms with E-state index in [9.17, 15) is 9.59 Å². The molecule has 1 atom stereocenters. The number of thiophene rings is 1. The van der Waals surface area contributed by atoms with Crippen LogP contribution in [0.4, 0.5) is 0 Å². The molecule has 4 aromatic rings. The van der Waals surface area contributed by atoms with Gasteiger partial charge in [-0.3, -0.25) is 9.59 Å². The average Bonchev–Trinajstić information content (AvgIpc) is 3.51. The van der Waals surface area contributed by atoms with Gasteiger partial charge in [0.05, 0.1) is 22.2 Å². The standard InChI is InChI=1S/C29H22N2O2S/c1-19(24-17-10-18-34-24)30-31-27-22-15-8-9-16-23(22)28(32)26(27)29(33)25(20-11-4-2-5-12-20)21-13-6-3-7-14-21/h2-18,25-26H,1H3/b30-19-,31-27-. The Bertz CT molecular complexity index is 1350. The average molecular weight is 463 g/mol. The first-order valence-corrected chi connectivity index (χ1v) is 12.0. The highest BCUT2D eigenvalue weighted by atomic mass is 32.1. The highest BCUT2D eigenvalue weighted by Crippen LogP contribution is 2.35. The quantitative estimate of drug-likeness (QED) is 0.195. The van der Waals surface area contributed by atoms with Crippen molar-refractivity contribution in [3.05, 3.63) is 130 Å². The van der Waals surface area contributed by atoms with Gasteiger partial charge in [0.1, 0.15) is 5.92 Å². The molecule has 0 saturated carbocycles. The van der Waals surface area contributed by atoms with Crippen LogP contribution < -0.4 is 0 Å². The molecule has 166 valence electrons. The van der Waals surface area contributed by atoms with Crippen LogP contribution in [0.1, 0.15) is 44.8 Å². The molecule has 0 saturated heterocycles. The minimum absolute atomic E-state index is 0.193. The summed E-state index contributed by atoms with van der Waals surface area (Å²) in [4.78, 5) is 28.7. The molecule has 5 rings (SSSR count). The van der Waals surface area contributed by atoms with Gasteiger partial charge in [0, 0.05) is 11.1 Å². The summed E-state index contributed by atoms with van der Waals surface area (Å²) >= 11 is 1.57. The Balaban J connectivity index is 1.62. The van der Waals surface area contributed by atoms with E-state index in [0.29, 0.717) is 16.8 Å². The van der Waals surface area contributed by atoms with Crippen LogP contribution in [-0.4, -0.2) is 23.0 Å². The van der Waals surface area contributed by atoms with E-state index in [1.54, 1.807) is 17.4 Å². The van der Waals surface area contributed by atoms with E-state index < -0.39 is 11.8 Å². The van der Waals surface area contributed by atoms with E-state index in [1.807, 2.05) is 103 Å². The van der Waals surface area contributed by atoms with Gasteiger partial charge >= 0.3 is 0 Å². The Morgan fingerprint density at radius 2 is 1.38 bits per heavy atom. The highest BCUT2D eigenvalue weighted by molar-refractivity contribution is 7.12. The van der Waals surface area contributed by atoms with Gasteiger partial charge in [-0.1, -0.05) is 91.0 Å². The molecule has 0 spiro atoms. The van der Waals surface area contributed by atoms with Crippen molar-refractivity contribution in [1.82, 2.24) is 0 Å². The van der Waals surface area contributed by atoms with Crippen molar-refractivity contribution in [1.29, 1.82) is 0 Å². The molecule has 0 aliphatic heterocycles. The summed E-state index contributed by atoms with van der Waals surface area (Å²) < 4.78 is 0. The van der Waals surface area contributed by atoms with Gasteiger partial charge in [0.25, 0.3) is 0 Å². The van der Waals surface area contributed by atoms with Crippen LogP contribution in [0.5, 0.6) is 0 Å². The summed E-state index contributed by atoms with van der Waals surface area (Å²) in [6, 6.07) is 30.4. The third-order valence-electron chi connectivity index (χ3n) is 6.02. The Morgan fingerprint density at radius 1 is 0.794 bits per heavy atom. The molecule has 1 aromatic heterocycles. The molecule has 0 radical (unpaired) electrons. The maximum Gasteiger partial charge on any atom is 0.180 e. The lowest BCUT2D eigenvalue weighted by atomic mass is 9.80. The lowest BCUT2D eigenvalue weighted by Gasteiger charge is -2.20. The number of fused-ring (bicyclic) bond motifs is 1. The number of carbonyl (C=O) groups is 2. The van der Waals surface area contributed by atoms with Crippen molar-refractivity contribution in [3.8, 4) is 0 Å². The number of carbonyl (C=O) groups excluding carboxylic acids is 2. The van der Waals surface area contributed by atoms with Crippen LogP contribution in [0.25, 0.3) is 0 Å². The van der Waals surface area contributed by atoms with Gasteiger partial charge in [-0.15, -0.1) is 11.3 Å². The molecule has 3 aromatic carbocycles. The molecule has 1 aliphatic rings. The molecule has 0 bridgehead atoms. The zero-order valence-electron chi connectivity index (χ0n) is 18.6. The first-order chi connectivity index (χ1) is 16.6. The molecule has 0 N–H and O–H groups in total. The van der Waals surface area contributed by atoms with Gasteiger partial charge in [-0.25, -0.2) is 0 Å². The highest BCUT2D eigenvalue weighted by Gasteiger charge is 2.44. The van der Waals surface area contributed by atoms with Crippen LogP contribution in [0.3, 0.4) is 0 Å². The zero-order chi connectivity index (χ0) is 23.5. The van der Waals surface area contributed by atoms with E-state index in [-0.39, 0.29) is 11.6 Å². The van der Waals surface area contributed by atoms with Gasteiger partial charge in [-0.2, -0.15) is 10.2 Å². The van der Waals surface area contributed by atoms with E-state index in [1.165, 1.54) is 0 Å². The van der Waals surface area contributed by atoms with Crippen LogP contribution in [0, 0.1) is 5.92 Å². The van der Waals surface area contributed by atoms with E-state index in [2.05, 4.69) is 10.2 Å². The molecular formula is C29H22N2O2S. The predicted molar refractivity (Wildman–Crippen MR) is 137 cm³/mol. The fourth-order valence-corrected chi connectivity index (χ4v) is 5.05. The SMILES string of the molecule is C/C(=N/N=C1/c2ccccc2C(=O)C1C(=O)C(c1ccccc1)c1ccccc1)c1cccs1. The second kappa shape index (κ2) is 9.49. The number of ketones is 2. The summed E-state index contributed by atoms with van der Waals surface area (Å²) in [5, 5.41) is 10.9. The number of benzene rings is 3. The molecule has 34 heavy (non-hydrogen) atoms. The Labute approximate surface area is 202 Å². The number of hydrogen-bond donors (Lipinski definition) is 0. The van der Waals surface area contributed by atoms with Gasteiger partial charge in [0.2, 0.25) is 0 Å². The van der Waals surface area contributed by atoms with Crippen molar-refractivity contribution in [2.75, 3.05) is 0 Å². The number of rotatable bonds is 6. The van der Waals surface area contributed by atoms with Crippen LogP contribution >= 0.6 is 11.3 Å². The molecule has 5 heteroatoms. The second-order valence-corrected chi connectivity index (χ2v) is 9.10. The fourth-order valence-electron chi connectivity index (χ4n) is 4.37. The number of hydrogen-bond acceptors (Lipinski definition) is 5. The Kier molecular flexibility index (Phi) is 6.11. The zero-order valence-corrected chi connectivity index (χ0v) is 19.4.